The first-order valence-electron chi connectivity index (χ1n) is 13.4. The molecule has 0 radical (unpaired) electrons. The van der Waals surface area contributed by atoms with E-state index in [4.69, 9.17) is 21.6 Å². The molecule has 0 bridgehead atoms. The maximum Gasteiger partial charge on any atom is 0.263 e. The normalized spacial score (nSPS) is 18.0. The fourth-order valence-electron chi connectivity index (χ4n) is 5.09. The van der Waals surface area contributed by atoms with Crippen LogP contribution in [0.15, 0.2) is 33.4 Å². The van der Waals surface area contributed by atoms with Gasteiger partial charge in [0.15, 0.2) is 9.84 Å². The summed E-state index contributed by atoms with van der Waals surface area (Å²) in [7, 11) is 0.437. The number of thioether (sulfide) groups is 1. The number of halogens is 1. The summed E-state index contributed by atoms with van der Waals surface area (Å²) in [4.78, 5) is 25.1. The van der Waals surface area contributed by atoms with Gasteiger partial charge >= 0.3 is 0 Å². The molecule has 1 N–H and O–H groups in total. The summed E-state index contributed by atoms with van der Waals surface area (Å²) in [6.45, 7) is 3.25. The maximum absolute atomic E-state index is 13.1. The van der Waals surface area contributed by atoms with Crippen molar-refractivity contribution in [1.29, 1.82) is 0 Å². The highest BCUT2D eigenvalue weighted by Gasteiger charge is 2.33. The molecule has 0 atom stereocenters. The Balaban J connectivity index is 1.31. The van der Waals surface area contributed by atoms with Crippen molar-refractivity contribution in [2.75, 3.05) is 25.3 Å². The minimum atomic E-state index is -3.58. The highest BCUT2D eigenvalue weighted by atomic mass is 35.5. The monoisotopic (exact) mass is 608 g/mol. The van der Waals surface area contributed by atoms with Crippen LogP contribution in [0.2, 0.25) is 5.02 Å². The van der Waals surface area contributed by atoms with E-state index < -0.39 is 15.1 Å². The van der Waals surface area contributed by atoms with Gasteiger partial charge in [0, 0.05) is 31.9 Å². The minimum Gasteiger partial charge on any atom is -0.362 e. The molecule has 11 heteroatoms. The summed E-state index contributed by atoms with van der Waals surface area (Å²) >= 11 is 8.96. The smallest absolute Gasteiger partial charge is 0.263 e. The fraction of sp³-hybridized carbons (Fsp3) is 0.536. The van der Waals surface area contributed by atoms with Crippen molar-refractivity contribution < 1.29 is 13.2 Å². The van der Waals surface area contributed by atoms with Crippen LogP contribution in [0.4, 0.5) is 5.82 Å². The Bertz CT molecular complexity index is 1430. The van der Waals surface area contributed by atoms with Gasteiger partial charge in [0.2, 0.25) is 0 Å². The van der Waals surface area contributed by atoms with Crippen LogP contribution in [0.5, 0.6) is 0 Å². The number of anilines is 1. The molecule has 0 saturated heterocycles. The molecule has 1 saturated carbocycles. The Kier molecular flexibility index (Phi) is 9.83. The highest BCUT2D eigenvalue weighted by molar-refractivity contribution is 8.01. The largest absolute Gasteiger partial charge is 0.362 e. The molecule has 1 aliphatic rings. The summed E-state index contributed by atoms with van der Waals surface area (Å²) in [5.41, 5.74) is 0.979. The third-order valence-corrected chi connectivity index (χ3v) is 12.7. The van der Waals surface area contributed by atoms with Crippen molar-refractivity contribution in [3.05, 3.63) is 40.0 Å². The van der Waals surface area contributed by atoms with Gasteiger partial charge in [0.05, 0.1) is 20.0 Å². The lowest BCUT2D eigenvalue weighted by Crippen LogP contribution is -2.37. The average molecular weight is 609 g/mol. The third kappa shape index (κ3) is 6.72. The van der Waals surface area contributed by atoms with Crippen molar-refractivity contribution in [1.82, 2.24) is 15.3 Å². The summed E-state index contributed by atoms with van der Waals surface area (Å²) in [6.07, 6.45) is 8.70. The summed E-state index contributed by atoms with van der Waals surface area (Å²) in [6, 6.07) is 8.20. The summed E-state index contributed by atoms with van der Waals surface area (Å²) < 4.78 is 26.3. The Hall–Kier alpha value is -1.88. The molecule has 0 unspecified atom stereocenters. The zero-order valence-corrected chi connectivity index (χ0v) is 26.4. The Morgan fingerprint density at radius 1 is 1.18 bits per heavy atom. The van der Waals surface area contributed by atoms with Crippen LogP contribution in [-0.4, -0.2) is 55.9 Å². The fourth-order valence-corrected chi connectivity index (χ4v) is 9.61. The molecule has 2 heterocycles. The van der Waals surface area contributed by atoms with E-state index in [0.717, 1.165) is 78.8 Å². The SMILES string of the molecule is CSc1sc(C(=O)NC2CCC(CCCc3nc(N(C)C)c4ccccc4n3)CC2)c(Cl)c1S(=O)(=O)C(C)C. The number of thiophene rings is 1. The molecule has 3 aromatic rings. The summed E-state index contributed by atoms with van der Waals surface area (Å²) in [5.74, 6) is 2.17. The number of nitrogens with zero attached hydrogens (tertiary/aromatic N) is 3. The Morgan fingerprint density at radius 2 is 1.87 bits per heavy atom. The first-order valence-corrected chi connectivity index (χ1v) is 17.3. The number of sulfone groups is 1. The molecule has 4 rings (SSSR count). The lowest BCUT2D eigenvalue weighted by atomic mass is 9.83. The zero-order valence-electron chi connectivity index (χ0n) is 23.2. The number of benzene rings is 1. The molecule has 212 valence electrons. The molecule has 2 aromatic heterocycles. The van der Waals surface area contributed by atoms with Gasteiger partial charge in [-0.2, -0.15) is 0 Å². The topological polar surface area (TPSA) is 92.3 Å². The molecular formula is C28H37ClN4O3S3. The Labute approximate surface area is 245 Å². The van der Waals surface area contributed by atoms with Gasteiger partial charge in [0.25, 0.3) is 5.91 Å². The van der Waals surface area contributed by atoms with Crippen LogP contribution in [0.3, 0.4) is 0 Å². The van der Waals surface area contributed by atoms with Gasteiger partial charge in [-0.3, -0.25) is 4.79 Å². The number of para-hydroxylation sites is 1. The highest BCUT2D eigenvalue weighted by Crippen LogP contribution is 2.43. The second-order valence-electron chi connectivity index (χ2n) is 10.6. The Morgan fingerprint density at radius 3 is 2.51 bits per heavy atom. The second-order valence-corrected chi connectivity index (χ2v) is 15.5. The van der Waals surface area contributed by atoms with Gasteiger partial charge < -0.3 is 10.2 Å². The number of hydrogen-bond acceptors (Lipinski definition) is 8. The molecule has 1 aliphatic carbocycles. The number of amides is 1. The predicted molar refractivity (Wildman–Crippen MR) is 163 cm³/mol. The van der Waals surface area contributed by atoms with Gasteiger partial charge in [-0.25, -0.2) is 18.4 Å². The van der Waals surface area contributed by atoms with Crippen LogP contribution in [-0.2, 0) is 16.3 Å². The van der Waals surface area contributed by atoms with E-state index in [1.54, 1.807) is 20.1 Å². The number of aryl methyl sites for hydroxylation is 1. The van der Waals surface area contributed by atoms with Crippen LogP contribution in [0.1, 0.15) is 67.9 Å². The quantitative estimate of drug-likeness (QED) is 0.258. The van der Waals surface area contributed by atoms with E-state index in [1.807, 2.05) is 37.2 Å². The van der Waals surface area contributed by atoms with Gasteiger partial charge in [0.1, 0.15) is 21.4 Å². The van der Waals surface area contributed by atoms with E-state index in [1.165, 1.54) is 11.8 Å². The predicted octanol–water partition coefficient (Wildman–Crippen LogP) is 6.63. The molecule has 1 fully saturated rings. The molecule has 1 amide bonds. The molecule has 7 nitrogen and oxygen atoms in total. The van der Waals surface area contributed by atoms with E-state index in [9.17, 15) is 13.2 Å². The number of aromatic nitrogens is 2. The molecule has 0 spiro atoms. The first-order chi connectivity index (χ1) is 18.5. The number of carbonyl (C=O) groups excluding carboxylic acids is 1. The van der Waals surface area contributed by atoms with Gasteiger partial charge in [-0.15, -0.1) is 23.1 Å². The summed E-state index contributed by atoms with van der Waals surface area (Å²) in [5, 5.41) is 3.63. The number of hydrogen-bond donors (Lipinski definition) is 1. The molecule has 1 aromatic carbocycles. The van der Waals surface area contributed by atoms with Crippen LogP contribution < -0.4 is 10.2 Å². The van der Waals surface area contributed by atoms with Crippen LogP contribution >= 0.6 is 34.7 Å². The van der Waals surface area contributed by atoms with Crippen molar-refractivity contribution in [3.63, 3.8) is 0 Å². The number of rotatable bonds is 10. The van der Waals surface area contributed by atoms with Gasteiger partial charge in [-0.1, -0.05) is 30.2 Å². The van der Waals surface area contributed by atoms with E-state index in [2.05, 4.69) is 11.4 Å². The minimum absolute atomic E-state index is 0.0533. The van der Waals surface area contributed by atoms with Crippen molar-refractivity contribution >= 4 is 67.2 Å². The standard InChI is InChI=1S/C28H37ClN4O3S3/c1-17(2)39(35,36)25-23(29)24(38-28(25)37-5)27(34)30-19-15-13-18(14-16-19)9-8-12-22-31-21-11-7-6-10-20(21)26(32-22)33(3)4/h6-7,10-11,17-19H,8-9,12-16H2,1-5H3,(H,30,34). The number of fused-ring (bicyclic) bond motifs is 1. The van der Waals surface area contributed by atoms with E-state index in [-0.39, 0.29) is 26.7 Å². The van der Waals surface area contributed by atoms with Crippen molar-refractivity contribution in [2.45, 2.75) is 79.2 Å². The second kappa shape index (κ2) is 12.7. The average Bonchev–Trinajstić information content (AvgIpc) is 3.26. The molecule has 39 heavy (non-hydrogen) atoms. The molecule has 0 aliphatic heterocycles. The van der Waals surface area contributed by atoms with E-state index in [0.29, 0.717) is 10.1 Å². The number of carbonyl (C=O) groups is 1. The lowest BCUT2D eigenvalue weighted by Gasteiger charge is -2.29. The van der Waals surface area contributed by atoms with Crippen LogP contribution in [0, 0.1) is 5.92 Å². The maximum atomic E-state index is 13.1. The third-order valence-electron chi connectivity index (χ3n) is 7.32. The van der Waals surface area contributed by atoms with Crippen molar-refractivity contribution in [2.24, 2.45) is 5.92 Å². The van der Waals surface area contributed by atoms with Gasteiger partial charge in [-0.05, 0) is 70.3 Å². The van der Waals surface area contributed by atoms with Crippen molar-refractivity contribution in [3.8, 4) is 0 Å². The van der Waals surface area contributed by atoms with E-state index >= 15 is 0 Å². The molecular weight excluding hydrogens is 572 g/mol. The number of nitrogens with one attached hydrogen (secondary N) is 1. The lowest BCUT2D eigenvalue weighted by molar-refractivity contribution is 0.0925. The zero-order chi connectivity index (χ0) is 28.3. The van der Waals surface area contributed by atoms with Crippen LogP contribution in [0.25, 0.3) is 10.9 Å². The first kappa shape index (κ1) is 30.1.